The van der Waals surface area contributed by atoms with Gasteiger partial charge in [0.2, 0.25) is 0 Å². The van der Waals surface area contributed by atoms with Crippen LogP contribution in [0.25, 0.3) is 0 Å². The topological polar surface area (TPSA) is 97.5 Å². The van der Waals surface area contributed by atoms with Crippen LogP contribution in [-0.2, 0) is 14.6 Å². The molecule has 0 fully saturated rings. The van der Waals surface area contributed by atoms with Crippen molar-refractivity contribution in [2.45, 2.75) is 6.18 Å². The Morgan fingerprint density at radius 1 is 1.43 bits per heavy atom. The van der Waals surface area contributed by atoms with Crippen LogP contribution in [0.4, 0.5) is 13.2 Å². The van der Waals surface area contributed by atoms with Gasteiger partial charge in [-0.3, -0.25) is 0 Å². The van der Waals surface area contributed by atoms with Crippen molar-refractivity contribution in [2.24, 2.45) is 5.73 Å². The van der Waals surface area contributed by atoms with Gasteiger partial charge in [-0.1, -0.05) is 0 Å². The molecule has 0 amide bonds. The standard InChI is InChI=1S/C3H9NO2S.C2HF3O2/c1-7(5,6)3-2-4;3-2(4,5)1(6)7/h2-4H2,1H3;(H,6,7). The van der Waals surface area contributed by atoms with E-state index in [1.54, 1.807) is 0 Å². The first-order valence-corrected chi connectivity index (χ1v) is 5.24. The minimum absolute atomic E-state index is 0.0903. The summed E-state index contributed by atoms with van der Waals surface area (Å²) in [6, 6.07) is 0. The molecule has 0 saturated carbocycles. The number of halogens is 3. The van der Waals surface area contributed by atoms with E-state index in [4.69, 9.17) is 15.6 Å². The van der Waals surface area contributed by atoms with Crippen LogP contribution >= 0.6 is 0 Å². The van der Waals surface area contributed by atoms with E-state index in [1.807, 2.05) is 0 Å². The number of carboxylic acid groups (broad SMARTS) is 1. The highest BCUT2D eigenvalue weighted by Crippen LogP contribution is 2.13. The fraction of sp³-hybridized carbons (Fsp3) is 0.800. The van der Waals surface area contributed by atoms with Crippen LogP contribution in [0.1, 0.15) is 0 Å². The maximum atomic E-state index is 10.6. The Labute approximate surface area is 78.6 Å². The number of carbonyl (C=O) groups is 1. The zero-order chi connectivity index (χ0) is 12.0. The summed E-state index contributed by atoms with van der Waals surface area (Å²) >= 11 is 0. The summed E-state index contributed by atoms with van der Waals surface area (Å²) in [5.74, 6) is -2.67. The first kappa shape index (κ1) is 15.6. The molecule has 0 radical (unpaired) electrons. The summed E-state index contributed by atoms with van der Waals surface area (Å²) in [5.41, 5.74) is 4.94. The van der Waals surface area contributed by atoms with E-state index in [1.165, 1.54) is 6.26 Å². The first-order valence-electron chi connectivity index (χ1n) is 3.18. The molecular formula is C5H10F3NO4S. The zero-order valence-corrected chi connectivity index (χ0v) is 8.02. The quantitative estimate of drug-likeness (QED) is 0.682. The molecule has 0 unspecified atom stereocenters. The van der Waals surface area contributed by atoms with Crippen molar-refractivity contribution in [3.63, 3.8) is 0 Å². The Hall–Kier alpha value is -0.830. The lowest BCUT2D eigenvalue weighted by Gasteiger charge is -1.93. The third kappa shape index (κ3) is 13.7. The zero-order valence-electron chi connectivity index (χ0n) is 7.21. The van der Waals surface area contributed by atoms with E-state index < -0.39 is 22.0 Å². The minimum Gasteiger partial charge on any atom is -0.475 e. The fourth-order valence-corrected chi connectivity index (χ4v) is 0.642. The number of carboxylic acids is 1. The monoisotopic (exact) mass is 237 g/mol. The van der Waals surface area contributed by atoms with Gasteiger partial charge in [0.15, 0.2) is 0 Å². The van der Waals surface area contributed by atoms with Crippen LogP contribution < -0.4 is 5.73 Å². The van der Waals surface area contributed by atoms with E-state index in [9.17, 15) is 21.6 Å². The van der Waals surface area contributed by atoms with Crippen LogP contribution in [-0.4, -0.2) is 44.2 Å². The summed E-state index contributed by atoms with van der Waals surface area (Å²) in [6.45, 7) is 0.221. The molecular weight excluding hydrogens is 227 g/mol. The maximum absolute atomic E-state index is 10.6. The van der Waals surface area contributed by atoms with Gasteiger partial charge in [-0.2, -0.15) is 13.2 Å². The molecule has 5 nitrogen and oxygen atoms in total. The highest BCUT2D eigenvalue weighted by Gasteiger charge is 2.38. The average Bonchev–Trinajstić information content (AvgIpc) is 1.82. The molecule has 0 aliphatic rings. The number of aliphatic carboxylic acids is 1. The van der Waals surface area contributed by atoms with Crippen molar-refractivity contribution in [1.29, 1.82) is 0 Å². The molecule has 0 rings (SSSR count). The van der Waals surface area contributed by atoms with E-state index in [0.29, 0.717) is 0 Å². The SMILES string of the molecule is CS(=O)(=O)CCN.O=C(O)C(F)(F)F. The molecule has 0 aromatic heterocycles. The van der Waals surface area contributed by atoms with Gasteiger partial charge in [0.1, 0.15) is 9.84 Å². The normalized spacial score (nSPS) is 11.5. The molecule has 0 bridgehead atoms. The Balaban J connectivity index is 0. The van der Waals surface area contributed by atoms with Crippen LogP contribution in [0.15, 0.2) is 0 Å². The lowest BCUT2D eigenvalue weighted by atomic mass is 10.7. The van der Waals surface area contributed by atoms with E-state index >= 15 is 0 Å². The van der Waals surface area contributed by atoms with Gasteiger partial charge < -0.3 is 10.8 Å². The second-order valence-electron chi connectivity index (χ2n) is 2.22. The van der Waals surface area contributed by atoms with Crippen LogP contribution in [0.2, 0.25) is 0 Å². The Bertz CT molecular complexity index is 271. The molecule has 14 heavy (non-hydrogen) atoms. The molecule has 3 N–H and O–H groups in total. The summed E-state index contributed by atoms with van der Waals surface area (Å²) in [7, 11) is -2.80. The predicted molar refractivity (Wildman–Crippen MR) is 42.5 cm³/mol. The lowest BCUT2D eigenvalue weighted by Crippen LogP contribution is -2.21. The molecule has 9 heteroatoms. The number of alkyl halides is 3. The summed E-state index contributed by atoms with van der Waals surface area (Å²) in [6.07, 6.45) is -3.92. The molecule has 0 aliphatic carbocycles. The van der Waals surface area contributed by atoms with Crippen molar-refractivity contribution >= 4 is 15.8 Å². The third-order valence-electron chi connectivity index (χ3n) is 0.731. The maximum Gasteiger partial charge on any atom is 0.490 e. The van der Waals surface area contributed by atoms with Crippen molar-refractivity contribution in [3.8, 4) is 0 Å². The Kier molecular flexibility index (Phi) is 6.48. The molecule has 0 saturated heterocycles. The van der Waals surface area contributed by atoms with Crippen molar-refractivity contribution in [2.75, 3.05) is 18.6 Å². The summed E-state index contributed by atoms with van der Waals surface area (Å²) < 4.78 is 52.0. The van der Waals surface area contributed by atoms with Gasteiger partial charge in [0.25, 0.3) is 0 Å². The molecule has 0 spiro atoms. The average molecular weight is 237 g/mol. The van der Waals surface area contributed by atoms with E-state index in [-0.39, 0.29) is 12.3 Å². The van der Waals surface area contributed by atoms with Crippen LogP contribution in [0, 0.1) is 0 Å². The van der Waals surface area contributed by atoms with Gasteiger partial charge in [-0.15, -0.1) is 0 Å². The largest absolute Gasteiger partial charge is 0.490 e. The van der Waals surface area contributed by atoms with Crippen molar-refractivity contribution in [1.82, 2.24) is 0 Å². The van der Waals surface area contributed by atoms with Gasteiger partial charge >= 0.3 is 12.1 Å². The minimum atomic E-state index is -5.08. The summed E-state index contributed by atoms with van der Waals surface area (Å²) in [5, 5.41) is 7.12. The smallest absolute Gasteiger partial charge is 0.475 e. The van der Waals surface area contributed by atoms with E-state index in [2.05, 4.69) is 0 Å². The second-order valence-corrected chi connectivity index (χ2v) is 4.48. The highest BCUT2D eigenvalue weighted by atomic mass is 32.2. The van der Waals surface area contributed by atoms with Gasteiger partial charge in [-0.25, -0.2) is 13.2 Å². The number of sulfone groups is 1. The fourth-order valence-electron chi connectivity index (χ4n) is 0.214. The predicted octanol–water partition coefficient (Wildman–Crippen LogP) is -0.377. The Morgan fingerprint density at radius 2 is 1.71 bits per heavy atom. The van der Waals surface area contributed by atoms with Crippen LogP contribution in [0.5, 0.6) is 0 Å². The second kappa shape index (κ2) is 5.81. The summed E-state index contributed by atoms with van der Waals surface area (Å²) in [4.78, 5) is 8.90. The van der Waals surface area contributed by atoms with E-state index in [0.717, 1.165) is 0 Å². The first-order chi connectivity index (χ1) is 6.00. The third-order valence-corrected chi connectivity index (χ3v) is 1.71. The number of hydrogen-bond donors (Lipinski definition) is 2. The molecule has 86 valence electrons. The van der Waals surface area contributed by atoms with Crippen molar-refractivity contribution < 1.29 is 31.5 Å². The van der Waals surface area contributed by atoms with Gasteiger partial charge in [0, 0.05) is 12.8 Å². The molecule has 0 atom stereocenters. The number of nitrogens with two attached hydrogens (primary N) is 1. The van der Waals surface area contributed by atoms with Crippen LogP contribution in [0.3, 0.4) is 0 Å². The highest BCUT2D eigenvalue weighted by molar-refractivity contribution is 7.90. The molecule has 0 aliphatic heterocycles. The van der Waals surface area contributed by atoms with Crippen molar-refractivity contribution in [3.05, 3.63) is 0 Å². The lowest BCUT2D eigenvalue weighted by molar-refractivity contribution is -0.192. The number of hydrogen-bond acceptors (Lipinski definition) is 4. The molecule has 0 heterocycles. The van der Waals surface area contributed by atoms with Gasteiger partial charge in [-0.05, 0) is 0 Å². The molecule has 0 aromatic carbocycles. The molecule has 0 aromatic rings. The van der Waals surface area contributed by atoms with Gasteiger partial charge in [0.05, 0.1) is 5.75 Å². The Morgan fingerprint density at radius 3 is 1.71 bits per heavy atom. The number of rotatable bonds is 2.